The van der Waals surface area contributed by atoms with Crippen LogP contribution >= 0.6 is 12.4 Å². The van der Waals surface area contributed by atoms with Gasteiger partial charge in [0.05, 0.1) is 5.56 Å². The van der Waals surface area contributed by atoms with Gasteiger partial charge >= 0.3 is 6.18 Å². The van der Waals surface area contributed by atoms with Crippen LogP contribution in [0.15, 0.2) is 18.2 Å². The molecular weight excluding hydrogens is 296 g/mol. The van der Waals surface area contributed by atoms with Crippen LogP contribution in [0.5, 0.6) is 0 Å². The molecule has 0 radical (unpaired) electrons. The lowest BCUT2D eigenvalue weighted by Gasteiger charge is -2.29. The zero-order valence-corrected chi connectivity index (χ0v) is 11.5. The molecule has 2 nitrogen and oxygen atoms in total. The quantitative estimate of drug-likeness (QED) is 0.823. The van der Waals surface area contributed by atoms with Gasteiger partial charge in [0.25, 0.3) is 0 Å². The maximum Gasteiger partial charge on any atom is 0.419 e. The summed E-state index contributed by atoms with van der Waals surface area (Å²) in [5, 5.41) is 3.14. The van der Waals surface area contributed by atoms with Crippen molar-refractivity contribution in [3.8, 4) is 0 Å². The van der Waals surface area contributed by atoms with E-state index in [0.717, 1.165) is 32.0 Å². The molecule has 20 heavy (non-hydrogen) atoms. The summed E-state index contributed by atoms with van der Waals surface area (Å²) in [6, 6.07) is 2.61. The van der Waals surface area contributed by atoms with E-state index in [1.165, 1.54) is 12.1 Å². The number of nitrogens with one attached hydrogen (secondary N) is 1. The smallest absolute Gasteiger partial charge is 0.324 e. The van der Waals surface area contributed by atoms with Gasteiger partial charge in [0, 0.05) is 11.6 Å². The molecular formula is C13H17ClF4N2. The first kappa shape index (κ1) is 17.2. The lowest BCUT2D eigenvalue weighted by atomic mass is 9.86. The molecule has 7 heteroatoms. The van der Waals surface area contributed by atoms with Crippen LogP contribution in [0.25, 0.3) is 0 Å². The minimum atomic E-state index is -4.69. The molecule has 1 aliphatic heterocycles. The van der Waals surface area contributed by atoms with E-state index in [-0.39, 0.29) is 23.9 Å². The molecule has 1 fully saturated rings. The normalized spacial score (nSPS) is 18.4. The Morgan fingerprint density at radius 1 is 1.20 bits per heavy atom. The topological polar surface area (TPSA) is 38.0 Å². The van der Waals surface area contributed by atoms with E-state index >= 15 is 0 Å². The van der Waals surface area contributed by atoms with Crippen molar-refractivity contribution in [2.24, 2.45) is 11.7 Å². The summed E-state index contributed by atoms with van der Waals surface area (Å²) in [7, 11) is 0. The van der Waals surface area contributed by atoms with E-state index in [1.54, 1.807) is 0 Å². The van der Waals surface area contributed by atoms with Gasteiger partial charge in [-0.15, -0.1) is 12.4 Å². The highest BCUT2D eigenvalue weighted by Crippen LogP contribution is 2.36. The Hall–Kier alpha value is -0.850. The molecule has 1 atom stereocenters. The molecule has 1 heterocycles. The number of hydrogen-bond donors (Lipinski definition) is 2. The highest BCUT2D eigenvalue weighted by Gasteiger charge is 2.36. The first-order valence-electron chi connectivity index (χ1n) is 6.23. The Kier molecular flexibility index (Phi) is 5.79. The van der Waals surface area contributed by atoms with E-state index in [4.69, 9.17) is 5.73 Å². The first-order chi connectivity index (χ1) is 8.91. The molecule has 0 spiro atoms. The monoisotopic (exact) mass is 312 g/mol. The number of halogens is 5. The van der Waals surface area contributed by atoms with E-state index in [1.807, 2.05) is 0 Å². The number of benzene rings is 1. The molecule has 1 saturated heterocycles. The molecule has 114 valence electrons. The molecule has 0 aliphatic carbocycles. The van der Waals surface area contributed by atoms with Crippen LogP contribution in [0.4, 0.5) is 17.6 Å². The van der Waals surface area contributed by atoms with Crippen molar-refractivity contribution < 1.29 is 17.6 Å². The van der Waals surface area contributed by atoms with Gasteiger partial charge in [-0.3, -0.25) is 0 Å². The number of alkyl halides is 3. The number of nitrogens with two attached hydrogens (primary N) is 1. The maximum atomic E-state index is 14.0. The van der Waals surface area contributed by atoms with Crippen molar-refractivity contribution in [2.75, 3.05) is 13.1 Å². The molecule has 0 unspecified atom stereocenters. The average Bonchev–Trinajstić information content (AvgIpc) is 2.38. The molecule has 1 aromatic carbocycles. The standard InChI is InChI=1S/C13H16F4N2.ClH/c14-11-9(2-1-3-10(11)13(15,16)17)12(18)8-4-6-19-7-5-8;/h1-3,8,12,19H,4-7,18H2;1H/t12-;/m1./s1. The molecule has 0 amide bonds. The molecule has 0 aromatic heterocycles. The predicted molar refractivity (Wildman–Crippen MR) is 71.2 cm³/mol. The second-order valence-corrected chi connectivity index (χ2v) is 4.82. The van der Waals surface area contributed by atoms with Crippen LogP contribution in [-0.2, 0) is 6.18 Å². The van der Waals surface area contributed by atoms with Crippen LogP contribution in [0.2, 0.25) is 0 Å². The first-order valence-corrected chi connectivity index (χ1v) is 6.23. The summed E-state index contributed by atoms with van der Waals surface area (Å²) in [6.07, 6.45) is -3.19. The second kappa shape index (κ2) is 6.74. The van der Waals surface area contributed by atoms with E-state index in [2.05, 4.69) is 5.32 Å². The highest BCUT2D eigenvalue weighted by molar-refractivity contribution is 5.85. The Morgan fingerprint density at radius 3 is 2.35 bits per heavy atom. The third-order valence-corrected chi connectivity index (χ3v) is 3.58. The summed E-state index contributed by atoms with van der Waals surface area (Å²) < 4.78 is 51.9. The summed E-state index contributed by atoms with van der Waals surface area (Å²) in [4.78, 5) is 0. The van der Waals surface area contributed by atoms with E-state index in [0.29, 0.717) is 0 Å². The van der Waals surface area contributed by atoms with Gasteiger partial charge in [0.1, 0.15) is 5.82 Å². The van der Waals surface area contributed by atoms with E-state index in [9.17, 15) is 17.6 Å². The van der Waals surface area contributed by atoms with Gasteiger partial charge in [-0.1, -0.05) is 12.1 Å². The fourth-order valence-electron chi connectivity index (χ4n) is 2.48. The summed E-state index contributed by atoms with van der Waals surface area (Å²) in [6.45, 7) is 1.53. The number of rotatable bonds is 2. The predicted octanol–water partition coefficient (Wildman–Crippen LogP) is 3.27. The average molecular weight is 313 g/mol. The van der Waals surface area contributed by atoms with Crippen molar-refractivity contribution in [3.63, 3.8) is 0 Å². The van der Waals surface area contributed by atoms with Crippen molar-refractivity contribution in [2.45, 2.75) is 25.1 Å². The van der Waals surface area contributed by atoms with Crippen molar-refractivity contribution >= 4 is 12.4 Å². The van der Waals surface area contributed by atoms with Gasteiger partial charge in [-0.05, 0) is 37.9 Å². The van der Waals surface area contributed by atoms with Crippen LogP contribution < -0.4 is 11.1 Å². The van der Waals surface area contributed by atoms with Crippen molar-refractivity contribution in [3.05, 3.63) is 35.1 Å². The fourth-order valence-corrected chi connectivity index (χ4v) is 2.48. The summed E-state index contributed by atoms with van der Waals surface area (Å²) in [5.41, 5.74) is 4.67. The van der Waals surface area contributed by atoms with Gasteiger partial charge in [-0.25, -0.2) is 4.39 Å². The molecule has 1 aromatic rings. The highest BCUT2D eigenvalue weighted by atomic mass is 35.5. The largest absolute Gasteiger partial charge is 0.419 e. The van der Waals surface area contributed by atoms with Crippen LogP contribution in [0.1, 0.15) is 30.0 Å². The van der Waals surface area contributed by atoms with Crippen LogP contribution in [-0.4, -0.2) is 13.1 Å². The third kappa shape index (κ3) is 3.62. The molecule has 1 aliphatic rings. The van der Waals surface area contributed by atoms with Gasteiger partial charge < -0.3 is 11.1 Å². The SMILES string of the molecule is Cl.N[C@@H](c1cccc(C(F)(F)F)c1F)C1CCNCC1. The summed E-state index contributed by atoms with van der Waals surface area (Å²) >= 11 is 0. The van der Waals surface area contributed by atoms with Gasteiger partial charge in [-0.2, -0.15) is 13.2 Å². The van der Waals surface area contributed by atoms with E-state index < -0.39 is 23.6 Å². The van der Waals surface area contributed by atoms with Crippen LogP contribution in [0, 0.1) is 11.7 Å². The minimum Gasteiger partial charge on any atom is -0.324 e. The molecule has 3 N–H and O–H groups in total. The van der Waals surface area contributed by atoms with Crippen LogP contribution in [0.3, 0.4) is 0 Å². The summed E-state index contributed by atoms with van der Waals surface area (Å²) in [5.74, 6) is -1.22. The number of piperidine rings is 1. The third-order valence-electron chi connectivity index (χ3n) is 3.58. The zero-order chi connectivity index (χ0) is 14.0. The molecule has 0 bridgehead atoms. The zero-order valence-electron chi connectivity index (χ0n) is 10.7. The van der Waals surface area contributed by atoms with Gasteiger partial charge in [0.2, 0.25) is 0 Å². The second-order valence-electron chi connectivity index (χ2n) is 4.82. The maximum absolute atomic E-state index is 14.0. The molecule has 0 saturated carbocycles. The Balaban J connectivity index is 0.00000200. The number of hydrogen-bond acceptors (Lipinski definition) is 2. The van der Waals surface area contributed by atoms with Crippen molar-refractivity contribution in [1.29, 1.82) is 0 Å². The van der Waals surface area contributed by atoms with Crippen molar-refractivity contribution in [1.82, 2.24) is 5.32 Å². The Labute approximate surface area is 121 Å². The lowest BCUT2D eigenvalue weighted by molar-refractivity contribution is -0.140. The van der Waals surface area contributed by atoms with Gasteiger partial charge in [0.15, 0.2) is 0 Å². The molecule has 2 rings (SSSR count). The Morgan fingerprint density at radius 2 is 1.80 bits per heavy atom. The lowest BCUT2D eigenvalue weighted by Crippen LogP contribution is -2.34. The fraction of sp³-hybridized carbons (Fsp3) is 0.538. The Bertz CT molecular complexity index is 444. The minimum absolute atomic E-state index is 0.